The molecule has 2 fully saturated rings. The fraction of sp³-hybridized carbons (Fsp3) is 0.450. The summed E-state index contributed by atoms with van der Waals surface area (Å²) in [6.07, 6.45) is 6.00. The summed E-state index contributed by atoms with van der Waals surface area (Å²) in [7, 11) is 1.88. The molecule has 7 nitrogen and oxygen atoms in total. The van der Waals surface area contributed by atoms with Crippen LogP contribution in [0.1, 0.15) is 36.3 Å². The van der Waals surface area contributed by atoms with E-state index in [9.17, 15) is 9.59 Å². The first-order valence-electron chi connectivity index (χ1n) is 9.38. The number of carbonyl (C=O) groups excluding carboxylic acids is 2. The predicted molar refractivity (Wildman–Crippen MR) is 99.9 cm³/mol. The van der Waals surface area contributed by atoms with Crippen molar-refractivity contribution in [3.8, 4) is 0 Å². The predicted octanol–water partition coefficient (Wildman–Crippen LogP) is 1.96. The molecular weight excluding hydrogens is 344 g/mol. The van der Waals surface area contributed by atoms with Crippen molar-refractivity contribution in [1.29, 1.82) is 0 Å². The van der Waals surface area contributed by atoms with E-state index in [1.807, 2.05) is 43.7 Å². The van der Waals surface area contributed by atoms with Gasteiger partial charge in [-0.2, -0.15) is 5.10 Å². The normalized spacial score (nSPS) is 23.8. The lowest BCUT2D eigenvalue weighted by Crippen LogP contribution is -2.27. The molecule has 2 aliphatic rings. The first-order valence-corrected chi connectivity index (χ1v) is 9.38. The molecule has 2 aromatic rings. The number of rotatable bonds is 6. The monoisotopic (exact) mass is 368 g/mol. The summed E-state index contributed by atoms with van der Waals surface area (Å²) in [5.41, 5.74) is 2.80. The van der Waals surface area contributed by atoms with Crippen LogP contribution in [-0.4, -0.2) is 34.3 Å². The highest BCUT2D eigenvalue weighted by molar-refractivity contribution is 5.94. The summed E-state index contributed by atoms with van der Waals surface area (Å²) in [6, 6.07) is 7.55. The van der Waals surface area contributed by atoms with Gasteiger partial charge < -0.3 is 15.4 Å². The highest BCUT2D eigenvalue weighted by atomic mass is 16.5. The molecule has 0 unspecified atom stereocenters. The van der Waals surface area contributed by atoms with Gasteiger partial charge in [0, 0.05) is 38.0 Å². The Hall–Kier alpha value is -2.67. The van der Waals surface area contributed by atoms with E-state index in [2.05, 4.69) is 15.7 Å². The van der Waals surface area contributed by atoms with Crippen molar-refractivity contribution in [2.75, 3.05) is 11.9 Å². The second kappa shape index (κ2) is 7.52. The molecule has 3 atom stereocenters. The molecule has 1 saturated heterocycles. The number of ether oxygens (including phenoxy) is 1. The largest absolute Gasteiger partial charge is 0.368 e. The number of nitrogens with one attached hydrogen (secondary N) is 2. The van der Waals surface area contributed by atoms with Gasteiger partial charge in [0.25, 0.3) is 5.91 Å². The number of anilines is 1. The van der Waals surface area contributed by atoms with Gasteiger partial charge in [0.2, 0.25) is 5.91 Å². The van der Waals surface area contributed by atoms with Crippen LogP contribution in [0.25, 0.3) is 0 Å². The standard InChI is InChI=1S/C20H24N4O3/c1-24-12-14(11-22-24)16-9-17(16)19(25)21-10-13-4-2-5-15(8-13)23-20(26)18-6-3-7-27-18/h2,4-5,8,11-12,16-18H,3,6-7,9-10H2,1H3,(H,21,25)(H,23,26)/t16-,17-,18+/m0/s1. The van der Waals surface area contributed by atoms with Crippen LogP contribution in [0, 0.1) is 5.92 Å². The fourth-order valence-corrected chi connectivity index (χ4v) is 3.57. The summed E-state index contributed by atoms with van der Waals surface area (Å²) in [4.78, 5) is 24.5. The highest BCUT2D eigenvalue weighted by Crippen LogP contribution is 2.47. The molecule has 1 aliphatic heterocycles. The number of amides is 2. The molecule has 142 valence electrons. The maximum absolute atomic E-state index is 12.4. The number of nitrogens with zero attached hydrogens (tertiary/aromatic N) is 2. The number of carbonyl (C=O) groups is 2. The van der Waals surface area contributed by atoms with Gasteiger partial charge in [-0.3, -0.25) is 14.3 Å². The van der Waals surface area contributed by atoms with Crippen LogP contribution in [0.3, 0.4) is 0 Å². The number of aryl methyl sites for hydroxylation is 1. The minimum atomic E-state index is -0.354. The highest BCUT2D eigenvalue weighted by Gasteiger charge is 2.44. The van der Waals surface area contributed by atoms with Gasteiger partial charge in [0.05, 0.1) is 6.20 Å². The van der Waals surface area contributed by atoms with Crippen molar-refractivity contribution in [1.82, 2.24) is 15.1 Å². The van der Waals surface area contributed by atoms with Crippen LogP contribution in [-0.2, 0) is 27.9 Å². The molecule has 27 heavy (non-hydrogen) atoms. The molecule has 1 saturated carbocycles. The number of aromatic nitrogens is 2. The van der Waals surface area contributed by atoms with Gasteiger partial charge in [0.15, 0.2) is 0 Å². The summed E-state index contributed by atoms with van der Waals surface area (Å²) < 4.78 is 7.17. The van der Waals surface area contributed by atoms with Crippen molar-refractivity contribution in [2.24, 2.45) is 13.0 Å². The maximum atomic E-state index is 12.4. The minimum Gasteiger partial charge on any atom is -0.368 e. The van der Waals surface area contributed by atoms with Gasteiger partial charge >= 0.3 is 0 Å². The second-order valence-electron chi connectivity index (χ2n) is 7.31. The molecule has 7 heteroatoms. The van der Waals surface area contributed by atoms with Crippen LogP contribution in [0.5, 0.6) is 0 Å². The zero-order valence-electron chi connectivity index (χ0n) is 15.4. The van der Waals surface area contributed by atoms with E-state index in [-0.39, 0.29) is 29.8 Å². The molecule has 0 spiro atoms. The fourth-order valence-electron chi connectivity index (χ4n) is 3.57. The molecule has 1 aliphatic carbocycles. The second-order valence-corrected chi connectivity index (χ2v) is 7.31. The van der Waals surface area contributed by atoms with Crippen LogP contribution in [0.15, 0.2) is 36.7 Å². The van der Waals surface area contributed by atoms with Gasteiger partial charge in [-0.05, 0) is 48.4 Å². The van der Waals surface area contributed by atoms with Crippen LogP contribution in [0.4, 0.5) is 5.69 Å². The third kappa shape index (κ3) is 4.19. The summed E-state index contributed by atoms with van der Waals surface area (Å²) >= 11 is 0. The SMILES string of the molecule is Cn1cc([C@@H]2C[C@@H]2C(=O)NCc2cccc(NC(=O)[C@H]3CCCO3)c2)cn1. The third-order valence-corrected chi connectivity index (χ3v) is 5.16. The van der Waals surface area contributed by atoms with Crippen LogP contribution in [0.2, 0.25) is 0 Å². The Bertz CT molecular complexity index is 841. The average Bonchev–Trinajstić information content (AvgIpc) is 3.05. The summed E-state index contributed by atoms with van der Waals surface area (Å²) in [6.45, 7) is 1.09. The van der Waals surface area contributed by atoms with Crippen LogP contribution < -0.4 is 10.6 Å². The molecule has 1 aromatic heterocycles. The first kappa shape index (κ1) is 17.7. The summed E-state index contributed by atoms with van der Waals surface area (Å²) in [5.74, 6) is 0.260. The lowest BCUT2D eigenvalue weighted by atomic mass is 10.1. The average molecular weight is 368 g/mol. The van der Waals surface area contributed by atoms with Gasteiger partial charge in [-0.25, -0.2) is 0 Å². The molecule has 0 radical (unpaired) electrons. The topological polar surface area (TPSA) is 85.2 Å². The Balaban J connectivity index is 1.28. The van der Waals surface area contributed by atoms with E-state index in [0.29, 0.717) is 13.2 Å². The molecule has 0 bridgehead atoms. The van der Waals surface area contributed by atoms with Crippen molar-refractivity contribution >= 4 is 17.5 Å². The number of hydrogen-bond acceptors (Lipinski definition) is 4. The minimum absolute atomic E-state index is 0.0246. The third-order valence-electron chi connectivity index (χ3n) is 5.16. The van der Waals surface area contributed by atoms with Crippen molar-refractivity contribution < 1.29 is 14.3 Å². The quantitative estimate of drug-likeness (QED) is 0.816. The van der Waals surface area contributed by atoms with E-state index in [0.717, 1.165) is 36.1 Å². The maximum Gasteiger partial charge on any atom is 0.253 e. The first-order chi connectivity index (χ1) is 13.1. The van der Waals surface area contributed by atoms with Crippen molar-refractivity contribution in [2.45, 2.75) is 37.8 Å². The molecule has 2 amide bonds. The summed E-state index contributed by atoms with van der Waals surface area (Å²) in [5, 5.41) is 10.1. The van der Waals surface area contributed by atoms with E-state index >= 15 is 0 Å². The van der Waals surface area contributed by atoms with Gasteiger partial charge in [0.1, 0.15) is 6.10 Å². The van der Waals surface area contributed by atoms with E-state index in [1.165, 1.54) is 0 Å². The van der Waals surface area contributed by atoms with E-state index in [1.54, 1.807) is 4.68 Å². The Morgan fingerprint density at radius 1 is 1.33 bits per heavy atom. The molecular formula is C20H24N4O3. The Kier molecular flexibility index (Phi) is 4.94. The Morgan fingerprint density at radius 2 is 2.22 bits per heavy atom. The molecule has 2 heterocycles. The van der Waals surface area contributed by atoms with Gasteiger partial charge in [-0.15, -0.1) is 0 Å². The Morgan fingerprint density at radius 3 is 2.96 bits per heavy atom. The zero-order chi connectivity index (χ0) is 18.8. The van der Waals surface area contributed by atoms with Crippen LogP contribution >= 0.6 is 0 Å². The smallest absolute Gasteiger partial charge is 0.253 e. The lowest BCUT2D eigenvalue weighted by molar-refractivity contribution is -0.124. The zero-order valence-corrected chi connectivity index (χ0v) is 15.4. The number of hydrogen-bond donors (Lipinski definition) is 2. The lowest BCUT2D eigenvalue weighted by Gasteiger charge is -2.12. The molecule has 1 aromatic carbocycles. The van der Waals surface area contributed by atoms with Gasteiger partial charge in [-0.1, -0.05) is 12.1 Å². The molecule has 2 N–H and O–H groups in total. The van der Waals surface area contributed by atoms with E-state index < -0.39 is 0 Å². The molecule has 4 rings (SSSR count). The van der Waals surface area contributed by atoms with Crippen molar-refractivity contribution in [3.05, 3.63) is 47.8 Å². The number of benzene rings is 1. The Labute approximate surface area is 158 Å². The van der Waals surface area contributed by atoms with E-state index in [4.69, 9.17) is 4.74 Å². The van der Waals surface area contributed by atoms with Crippen molar-refractivity contribution in [3.63, 3.8) is 0 Å².